The fourth-order valence-corrected chi connectivity index (χ4v) is 3.45. The number of hydrogen-bond donors (Lipinski definition) is 1. The molecule has 0 radical (unpaired) electrons. The van der Waals surface area contributed by atoms with E-state index in [4.69, 9.17) is 4.98 Å². The van der Waals surface area contributed by atoms with Crippen molar-refractivity contribution in [2.45, 2.75) is 6.92 Å². The van der Waals surface area contributed by atoms with E-state index in [-0.39, 0.29) is 0 Å². The first-order valence-electron chi connectivity index (χ1n) is 9.74. The summed E-state index contributed by atoms with van der Waals surface area (Å²) in [5.74, 6) is 1.62. The Morgan fingerprint density at radius 3 is 2.52 bits per heavy atom. The van der Waals surface area contributed by atoms with E-state index >= 15 is 0 Å². The first kappa shape index (κ1) is 18.5. The van der Waals surface area contributed by atoms with Gasteiger partial charge in [0.15, 0.2) is 17.5 Å². The van der Waals surface area contributed by atoms with Crippen LogP contribution in [0.25, 0.3) is 28.0 Å². The third-order valence-electron chi connectivity index (χ3n) is 5.00. The minimum absolute atomic E-state index is 0.390. The lowest BCUT2D eigenvalue weighted by Gasteiger charge is -2.11. The maximum atomic E-state index is 9.58. The van der Waals surface area contributed by atoms with Gasteiger partial charge in [0, 0.05) is 10.9 Å². The van der Waals surface area contributed by atoms with Crippen molar-refractivity contribution in [2.24, 2.45) is 0 Å². The van der Waals surface area contributed by atoms with E-state index in [0.717, 1.165) is 27.7 Å². The minimum Gasteiger partial charge on any atom is -0.322 e. The molecule has 0 aliphatic heterocycles. The van der Waals surface area contributed by atoms with Crippen molar-refractivity contribution in [3.05, 3.63) is 90.1 Å². The van der Waals surface area contributed by atoms with Crippen LogP contribution in [-0.2, 0) is 0 Å². The topological polar surface area (TPSA) is 92.3 Å². The number of nitrogens with one attached hydrogen (secondary N) is 1. The smallest absolute Gasteiger partial charge is 0.156 e. The zero-order valence-electron chi connectivity index (χ0n) is 16.7. The van der Waals surface area contributed by atoms with Crippen LogP contribution in [0.5, 0.6) is 0 Å². The van der Waals surface area contributed by atoms with Crippen LogP contribution >= 0.6 is 0 Å². The van der Waals surface area contributed by atoms with Gasteiger partial charge in [0.2, 0.25) is 0 Å². The van der Waals surface area contributed by atoms with Gasteiger partial charge in [0.1, 0.15) is 11.6 Å². The van der Waals surface area contributed by atoms with Crippen LogP contribution in [-0.4, -0.2) is 25.0 Å². The highest BCUT2D eigenvalue weighted by Crippen LogP contribution is 2.26. The van der Waals surface area contributed by atoms with Crippen molar-refractivity contribution in [3.63, 3.8) is 0 Å². The second-order valence-corrected chi connectivity index (χ2v) is 7.04. The van der Waals surface area contributed by atoms with Crippen LogP contribution in [0.2, 0.25) is 0 Å². The molecule has 0 saturated carbocycles. The molecule has 7 heteroatoms. The third-order valence-corrected chi connectivity index (χ3v) is 5.00. The fraction of sp³-hybridized carbons (Fsp3) is 0.0417. The van der Waals surface area contributed by atoms with Gasteiger partial charge in [-0.2, -0.15) is 15.0 Å². The lowest BCUT2D eigenvalue weighted by atomic mass is 10.1. The Morgan fingerprint density at radius 1 is 0.935 bits per heavy atom. The third kappa shape index (κ3) is 3.47. The molecule has 0 bridgehead atoms. The standard InChI is InChI=1S/C24H17N7/c1-16-13-23(27-21-10-6-5-9-19(16)21)31-24(18(14-25)15-26-31)28-22-12-11-20(29-30-22)17-7-3-2-4-8-17/h2-13,15H,1H3,(H,28,30). The lowest BCUT2D eigenvalue weighted by Crippen LogP contribution is -2.07. The monoisotopic (exact) mass is 403 g/mol. The number of fused-ring (bicyclic) bond motifs is 1. The Labute approximate surface area is 178 Å². The van der Waals surface area contributed by atoms with E-state index in [1.807, 2.05) is 79.7 Å². The molecule has 0 aliphatic rings. The number of benzene rings is 2. The van der Waals surface area contributed by atoms with Crippen LogP contribution in [0.3, 0.4) is 0 Å². The van der Waals surface area contributed by atoms with Gasteiger partial charge < -0.3 is 5.32 Å². The minimum atomic E-state index is 0.390. The summed E-state index contributed by atoms with van der Waals surface area (Å²) in [5, 5.41) is 26.8. The SMILES string of the molecule is Cc1cc(-n2ncc(C#N)c2Nc2ccc(-c3ccccc3)nn2)nc2ccccc12. The first-order chi connectivity index (χ1) is 15.2. The zero-order valence-corrected chi connectivity index (χ0v) is 16.7. The molecule has 0 unspecified atom stereocenters. The molecule has 0 spiro atoms. The van der Waals surface area contributed by atoms with Crippen molar-refractivity contribution in [3.8, 4) is 23.1 Å². The Hall–Kier alpha value is -4.57. The predicted molar refractivity (Wildman–Crippen MR) is 119 cm³/mol. The number of para-hydroxylation sites is 1. The number of pyridine rings is 1. The van der Waals surface area contributed by atoms with Crippen molar-refractivity contribution in [1.29, 1.82) is 5.26 Å². The molecule has 0 aliphatic carbocycles. The molecule has 0 atom stereocenters. The Bertz CT molecular complexity index is 1410. The average Bonchev–Trinajstić information content (AvgIpc) is 3.22. The number of nitriles is 1. The molecule has 148 valence electrons. The molecule has 3 heterocycles. The summed E-state index contributed by atoms with van der Waals surface area (Å²) >= 11 is 0. The van der Waals surface area contributed by atoms with Crippen LogP contribution < -0.4 is 5.32 Å². The molecule has 2 aromatic carbocycles. The lowest BCUT2D eigenvalue weighted by molar-refractivity contribution is 0.856. The van der Waals surface area contributed by atoms with E-state index < -0.39 is 0 Å². The van der Waals surface area contributed by atoms with E-state index in [0.29, 0.717) is 23.0 Å². The van der Waals surface area contributed by atoms with E-state index in [1.165, 1.54) is 6.20 Å². The van der Waals surface area contributed by atoms with Gasteiger partial charge in [0.25, 0.3) is 0 Å². The van der Waals surface area contributed by atoms with Crippen molar-refractivity contribution in [1.82, 2.24) is 25.0 Å². The molecule has 5 rings (SSSR count). The van der Waals surface area contributed by atoms with Crippen molar-refractivity contribution < 1.29 is 0 Å². The number of anilines is 2. The molecule has 0 fully saturated rings. The van der Waals surface area contributed by atoms with Gasteiger partial charge in [-0.15, -0.1) is 10.2 Å². The number of aryl methyl sites for hydroxylation is 1. The highest BCUT2D eigenvalue weighted by Gasteiger charge is 2.15. The van der Waals surface area contributed by atoms with Crippen LogP contribution in [0.1, 0.15) is 11.1 Å². The molecule has 5 aromatic rings. The average molecular weight is 403 g/mol. The summed E-state index contributed by atoms with van der Waals surface area (Å²) in [5.41, 5.74) is 4.09. The summed E-state index contributed by atoms with van der Waals surface area (Å²) in [7, 11) is 0. The van der Waals surface area contributed by atoms with Gasteiger partial charge in [-0.1, -0.05) is 48.5 Å². The normalized spacial score (nSPS) is 10.7. The summed E-state index contributed by atoms with van der Waals surface area (Å²) < 4.78 is 1.62. The van der Waals surface area contributed by atoms with Gasteiger partial charge in [-0.3, -0.25) is 0 Å². The zero-order chi connectivity index (χ0) is 21.2. The van der Waals surface area contributed by atoms with Gasteiger partial charge in [-0.05, 0) is 36.8 Å². The first-order valence-corrected chi connectivity index (χ1v) is 9.74. The quantitative estimate of drug-likeness (QED) is 0.463. The molecule has 7 nitrogen and oxygen atoms in total. The molecular weight excluding hydrogens is 386 g/mol. The second kappa shape index (κ2) is 7.69. The van der Waals surface area contributed by atoms with Gasteiger partial charge in [-0.25, -0.2) is 4.98 Å². The molecular formula is C24H17N7. The van der Waals surface area contributed by atoms with E-state index in [1.54, 1.807) is 4.68 Å². The Balaban J connectivity index is 1.52. The van der Waals surface area contributed by atoms with Crippen LogP contribution in [0.4, 0.5) is 11.6 Å². The summed E-state index contributed by atoms with van der Waals surface area (Å²) in [6.07, 6.45) is 1.51. The van der Waals surface area contributed by atoms with Crippen molar-refractivity contribution >= 4 is 22.5 Å². The number of nitrogens with zero attached hydrogens (tertiary/aromatic N) is 6. The van der Waals surface area contributed by atoms with E-state index in [9.17, 15) is 5.26 Å². The van der Waals surface area contributed by atoms with Crippen molar-refractivity contribution in [2.75, 3.05) is 5.32 Å². The maximum absolute atomic E-state index is 9.58. The highest BCUT2D eigenvalue weighted by atomic mass is 15.4. The Morgan fingerprint density at radius 2 is 1.74 bits per heavy atom. The van der Waals surface area contributed by atoms with Gasteiger partial charge >= 0.3 is 0 Å². The maximum Gasteiger partial charge on any atom is 0.156 e. The molecule has 3 aromatic heterocycles. The molecule has 31 heavy (non-hydrogen) atoms. The number of hydrogen-bond acceptors (Lipinski definition) is 6. The molecule has 0 saturated heterocycles. The number of rotatable bonds is 4. The highest BCUT2D eigenvalue weighted by molar-refractivity contribution is 5.83. The molecule has 0 amide bonds. The molecule has 1 N–H and O–H groups in total. The Kier molecular flexibility index (Phi) is 4.58. The van der Waals surface area contributed by atoms with Gasteiger partial charge in [0.05, 0.1) is 17.4 Å². The second-order valence-electron chi connectivity index (χ2n) is 7.04. The summed E-state index contributed by atoms with van der Waals surface area (Å²) in [4.78, 5) is 4.73. The van der Waals surface area contributed by atoms with Crippen LogP contribution in [0, 0.1) is 18.3 Å². The number of aromatic nitrogens is 5. The summed E-state index contributed by atoms with van der Waals surface area (Å²) in [6.45, 7) is 2.03. The fourth-order valence-electron chi connectivity index (χ4n) is 3.45. The largest absolute Gasteiger partial charge is 0.322 e. The predicted octanol–water partition coefficient (Wildman–Crippen LogP) is 4.80. The van der Waals surface area contributed by atoms with Crippen LogP contribution in [0.15, 0.2) is 79.0 Å². The van der Waals surface area contributed by atoms with E-state index in [2.05, 4.69) is 26.7 Å². The summed E-state index contributed by atoms with van der Waals surface area (Å²) in [6, 6.07) is 25.6.